The number of amides is 1. The first-order valence-corrected chi connectivity index (χ1v) is 8.34. The second-order valence-corrected chi connectivity index (χ2v) is 7.33. The van der Waals surface area contributed by atoms with Gasteiger partial charge in [0.1, 0.15) is 15.4 Å². The first kappa shape index (κ1) is 20.2. The summed E-state index contributed by atoms with van der Waals surface area (Å²) in [5, 5.41) is 19.7. The summed E-state index contributed by atoms with van der Waals surface area (Å²) in [6, 6.07) is 2.50. The average Bonchev–Trinajstić information content (AvgIpc) is 2.34. The van der Waals surface area contributed by atoms with Gasteiger partial charge in [0.2, 0.25) is 0 Å². The molecule has 1 rings (SSSR count). The lowest BCUT2D eigenvalue weighted by Crippen LogP contribution is -2.44. The molecule has 0 aliphatic rings. The fourth-order valence-electron chi connectivity index (χ4n) is 2.15. The fraction of sp³-hybridized carbons (Fsp3) is 0.600. The van der Waals surface area contributed by atoms with Gasteiger partial charge in [0.15, 0.2) is 0 Å². The van der Waals surface area contributed by atoms with E-state index in [1.807, 2.05) is 0 Å². The van der Waals surface area contributed by atoms with Crippen molar-refractivity contribution in [1.82, 2.24) is 9.88 Å². The van der Waals surface area contributed by atoms with Crippen LogP contribution in [0.5, 0.6) is 0 Å². The Morgan fingerprint density at radius 1 is 1.48 bits per heavy atom. The standard InChI is InChI=1S/C15H22BrClN2O4/c1-9(21)13(10-7-11(16)18-12(17)8-10)19(5-6-20)14(22)23-15(2,3)4/h7-9,13,20-21H,5-6H2,1-4H3. The van der Waals surface area contributed by atoms with Gasteiger partial charge in [-0.05, 0) is 61.3 Å². The number of carbonyl (C=O) groups is 1. The Bertz CT molecular complexity index is 529. The number of pyridine rings is 1. The zero-order valence-electron chi connectivity index (χ0n) is 13.6. The van der Waals surface area contributed by atoms with Gasteiger partial charge >= 0.3 is 6.09 Å². The highest BCUT2D eigenvalue weighted by Gasteiger charge is 2.32. The summed E-state index contributed by atoms with van der Waals surface area (Å²) in [7, 11) is 0. The second-order valence-electron chi connectivity index (χ2n) is 6.13. The van der Waals surface area contributed by atoms with Crippen molar-refractivity contribution in [2.75, 3.05) is 13.2 Å². The lowest BCUT2D eigenvalue weighted by atomic mass is 10.0. The molecule has 0 saturated heterocycles. The van der Waals surface area contributed by atoms with E-state index in [1.54, 1.807) is 39.8 Å². The van der Waals surface area contributed by atoms with Crippen molar-refractivity contribution in [3.05, 3.63) is 27.5 Å². The molecule has 8 heteroatoms. The fourth-order valence-corrected chi connectivity index (χ4v) is 2.92. The van der Waals surface area contributed by atoms with Crippen molar-refractivity contribution in [1.29, 1.82) is 0 Å². The number of rotatable bonds is 5. The number of aliphatic hydroxyl groups is 2. The van der Waals surface area contributed by atoms with E-state index in [2.05, 4.69) is 20.9 Å². The van der Waals surface area contributed by atoms with Gasteiger partial charge in [-0.3, -0.25) is 4.90 Å². The molecule has 0 saturated carbocycles. The van der Waals surface area contributed by atoms with Crippen LogP contribution in [0.3, 0.4) is 0 Å². The minimum absolute atomic E-state index is 0.0159. The zero-order valence-corrected chi connectivity index (χ0v) is 15.9. The van der Waals surface area contributed by atoms with Crippen molar-refractivity contribution < 1.29 is 19.7 Å². The highest BCUT2D eigenvalue weighted by molar-refractivity contribution is 9.10. The molecule has 1 amide bonds. The van der Waals surface area contributed by atoms with Gasteiger partial charge in [-0.1, -0.05) is 11.6 Å². The molecule has 23 heavy (non-hydrogen) atoms. The Labute approximate surface area is 149 Å². The SMILES string of the molecule is CC(O)C(c1cc(Cl)nc(Br)c1)N(CCO)C(=O)OC(C)(C)C. The molecule has 0 fully saturated rings. The average molecular weight is 410 g/mol. The molecule has 1 heterocycles. The van der Waals surface area contributed by atoms with E-state index in [4.69, 9.17) is 16.3 Å². The van der Waals surface area contributed by atoms with Gasteiger partial charge in [0.05, 0.1) is 18.8 Å². The summed E-state index contributed by atoms with van der Waals surface area (Å²) < 4.78 is 5.85. The maximum atomic E-state index is 12.5. The third kappa shape index (κ3) is 6.25. The second kappa shape index (κ2) is 8.28. The van der Waals surface area contributed by atoms with Crippen LogP contribution in [0.15, 0.2) is 16.7 Å². The van der Waals surface area contributed by atoms with Crippen LogP contribution < -0.4 is 0 Å². The number of hydrogen-bond acceptors (Lipinski definition) is 5. The monoisotopic (exact) mass is 408 g/mol. The maximum Gasteiger partial charge on any atom is 0.410 e. The summed E-state index contributed by atoms with van der Waals surface area (Å²) in [6.45, 7) is 6.56. The third-order valence-corrected chi connectivity index (χ3v) is 3.49. The molecule has 0 spiro atoms. The van der Waals surface area contributed by atoms with Crippen LogP contribution in [0.1, 0.15) is 39.3 Å². The van der Waals surface area contributed by atoms with Crippen LogP contribution in [0.25, 0.3) is 0 Å². The largest absolute Gasteiger partial charge is 0.444 e. The van der Waals surface area contributed by atoms with Crippen molar-refractivity contribution >= 4 is 33.6 Å². The van der Waals surface area contributed by atoms with Gasteiger partial charge in [-0.25, -0.2) is 9.78 Å². The van der Waals surface area contributed by atoms with Crippen molar-refractivity contribution in [2.24, 2.45) is 0 Å². The minimum Gasteiger partial charge on any atom is -0.444 e. The highest BCUT2D eigenvalue weighted by Crippen LogP contribution is 2.29. The lowest BCUT2D eigenvalue weighted by molar-refractivity contribution is -0.00773. The number of ether oxygens (including phenoxy) is 1. The first-order chi connectivity index (χ1) is 10.5. The summed E-state index contributed by atoms with van der Waals surface area (Å²) in [5.74, 6) is 0. The molecule has 2 unspecified atom stereocenters. The predicted molar refractivity (Wildman–Crippen MR) is 91.4 cm³/mol. The summed E-state index contributed by atoms with van der Waals surface area (Å²) >= 11 is 9.20. The Balaban J connectivity index is 3.23. The molecule has 1 aromatic heterocycles. The number of aromatic nitrogens is 1. The summed E-state index contributed by atoms with van der Waals surface area (Å²) in [6.07, 6.45) is -1.53. The van der Waals surface area contributed by atoms with E-state index in [0.717, 1.165) is 0 Å². The number of halogens is 2. The van der Waals surface area contributed by atoms with Gasteiger partial charge in [-0.2, -0.15) is 0 Å². The van der Waals surface area contributed by atoms with Crippen molar-refractivity contribution in [3.8, 4) is 0 Å². The summed E-state index contributed by atoms with van der Waals surface area (Å²) in [4.78, 5) is 17.7. The van der Waals surface area contributed by atoms with Crippen LogP contribution in [0, 0.1) is 0 Å². The molecule has 0 bridgehead atoms. The highest BCUT2D eigenvalue weighted by atomic mass is 79.9. The Morgan fingerprint density at radius 2 is 2.09 bits per heavy atom. The van der Waals surface area contributed by atoms with E-state index < -0.39 is 23.8 Å². The molecule has 0 radical (unpaired) electrons. The molecule has 0 aliphatic carbocycles. The quantitative estimate of drug-likeness (QED) is 0.730. The van der Waals surface area contributed by atoms with Gasteiger partial charge < -0.3 is 14.9 Å². The Morgan fingerprint density at radius 3 is 2.52 bits per heavy atom. The smallest absolute Gasteiger partial charge is 0.410 e. The number of carbonyl (C=O) groups excluding carboxylic acids is 1. The molecule has 1 aromatic rings. The van der Waals surface area contributed by atoms with Crippen molar-refractivity contribution in [2.45, 2.75) is 45.4 Å². The van der Waals surface area contributed by atoms with Gasteiger partial charge in [0, 0.05) is 6.54 Å². The predicted octanol–water partition coefficient (Wildman–Crippen LogP) is 3.15. The molecule has 130 valence electrons. The van der Waals surface area contributed by atoms with E-state index >= 15 is 0 Å². The molecule has 0 aromatic carbocycles. The first-order valence-electron chi connectivity index (χ1n) is 7.16. The number of aliphatic hydroxyl groups excluding tert-OH is 2. The number of hydrogen-bond donors (Lipinski definition) is 2. The maximum absolute atomic E-state index is 12.5. The van der Waals surface area contributed by atoms with Crippen LogP contribution in [0.2, 0.25) is 5.15 Å². The zero-order chi connectivity index (χ0) is 17.8. The molecule has 2 atom stereocenters. The third-order valence-electron chi connectivity index (χ3n) is 2.89. The minimum atomic E-state index is -0.903. The van der Waals surface area contributed by atoms with E-state index in [1.165, 1.54) is 4.90 Å². The molecular formula is C15H22BrClN2O4. The molecule has 6 nitrogen and oxygen atoms in total. The van der Waals surface area contributed by atoms with Crippen molar-refractivity contribution in [3.63, 3.8) is 0 Å². The van der Waals surface area contributed by atoms with Crippen LogP contribution in [-0.4, -0.2) is 51.0 Å². The Hall–Kier alpha value is -0.890. The number of nitrogens with zero attached hydrogens (tertiary/aromatic N) is 2. The summed E-state index contributed by atoms with van der Waals surface area (Å²) in [5.41, 5.74) is -0.101. The van der Waals surface area contributed by atoms with Crippen LogP contribution in [-0.2, 0) is 4.74 Å². The molecule has 2 N–H and O–H groups in total. The lowest BCUT2D eigenvalue weighted by Gasteiger charge is -2.35. The normalized spacial score (nSPS) is 14.3. The van der Waals surface area contributed by atoms with Crippen LogP contribution in [0.4, 0.5) is 4.79 Å². The topological polar surface area (TPSA) is 82.9 Å². The van der Waals surface area contributed by atoms with E-state index in [0.29, 0.717) is 10.2 Å². The van der Waals surface area contributed by atoms with Gasteiger partial charge in [0.25, 0.3) is 0 Å². The van der Waals surface area contributed by atoms with Gasteiger partial charge in [-0.15, -0.1) is 0 Å². The molecular weight excluding hydrogens is 388 g/mol. The van der Waals surface area contributed by atoms with E-state index in [9.17, 15) is 15.0 Å². The van der Waals surface area contributed by atoms with Crippen LogP contribution >= 0.6 is 27.5 Å². The van der Waals surface area contributed by atoms with E-state index in [-0.39, 0.29) is 18.3 Å². The molecule has 0 aliphatic heterocycles. The Kier molecular flexibility index (Phi) is 7.26.